The largest absolute Gasteiger partial charge is 0.508 e. The Morgan fingerprint density at radius 2 is 1.79 bits per heavy atom. The maximum absolute atomic E-state index is 10.6. The lowest BCUT2D eigenvalue weighted by atomic mass is 10.2. The number of ether oxygens (including phenoxy) is 2. The first-order valence-electron chi connectivity index (χ1n) is 4.46. The maximum atomic E-state index is 10.6. The van der Waals surface area contributed by atoms with E-state index in [1.165, 1.54) is 0 Å². The monoisotopic (exact) mass is 193 g/mol. The number of nitrogens with one attached hydrogen (secondary N) is 1. The summed E-state index contributed by atoms with van der Waals surface area (Å²) >= 11 is 0. The SMILES string of the molecule is O=C1OCC(Nc2ccccc2)CO1. The van der Waals surface area contributed by atoms with E-state index in [0.717, 1.165) is 5.69 Å². The van der Waals surface area contributed by atoms with E-state index in [0.29, 0.717) is 13.2 Å². The molecule has 0 saturated carbocycles. The molecule has 1 N–H and O–H groups in total. The van der Waals surface area contributed by atoms with E-state index in [-0.39, 0.29) is 6.04 Å². The molecule has 1 aliphatic heterocycles. The van der Waals surface area contributed by atoms with Gasteiger partial charge in [-0.2, -0.15) is 0 Å². The molecule has 0 bridgehead atoms. The average molecular weight is 193 g/mol. The molecule has 0 aromatic heterocycles. The molecule has 0 spiro atoms. The van der Waals surface area contributed by atoms with Crippen molar-refractivity contribution in [3.05, 3.63) is 30.3 Å². The number of carbonyl (C=O) groups is 1. The fraction of sp³-hybridized carbons (Fsp3) is 0.300. The van der Waals surface area contributed by atoms with E-state index in [9.17, 15) is 4.79 Å². The summed E-state index contributed by atoms with van der Waals surface area (Å²) in [6, 6.07) is 9.78. The molecule has 1 aromatic rings. The summed E-state index contributed by atoms with van der Waals surface area (Å²) in [5.41, 5.74) is 0.999. The Hall–Kier alpha value is -1.71. The number of cyclic esters (lactones) is 2. The quantitative estimate of drug-likeness (QED) is 0.725. The summed E-state index contributed by atoms with van der Waals surface area (Å²) in [6.07, 6.45) is -0.587. The van der Waals surface area contributed by atoms with Crippen LogP contribution < -0.4 is 5.32 Å². The van der Waals surface area contributed by atoms with E-state index in [2.05, 4.69) is 5.32 Å². The van der Waals surface area contributed by atoms with Crippen molar-refractivity contribution in [3.63, 3.8) is 0 Å². The molecule has 0 radical (unpaired) electrons. The van der Waals surface area contributed by atoms with Crippen molar-refractivity contribution in [1.82, 2.24) is 0 Å². The van der Waals surface area contributed by atoms with Crippen LogP contribution in [0.25, 0.3) is 0 Å². The van der Waals surface area contributed by atoms with Crippen LogP contribution in [0.2, 0.25) is 0 Å². The van der Waals surface area contributed by atoms with Crippen LogP contribution in [-0.2, 0) is 9.47 Å². The highest BCUT2D eigenvalue weighted by atomic mass is 16.7. The van der Waals surface area contributed by atoms with Crippen molar-refractivity contribution < 1.29 is 14.3 Å². The zero-order valence-corrected chi connectivity index (χ0v) is 7.60. The third-order valence-corrected chi connectivity index (χ3v) is 1.95. The van der Waals surface area contributed by atoms with E-state index in [1.807, 2.05) is 30.3 Å². The smallest absolute Gasteiger partial charge is 0.432 e. The van der Waals surface area contributed by atoms with Gasteiger partial charge in [-0.15, -0.1) is 0 Å². The summed E-state index contributed by atoms with van der Waals surface area (Å²) in [5, 5.41) is 3.20. The highest BCUT2D eigenvalue weighted by molar-refractivity contribution is 5.61. The Balaban J connectivity index is 1.89. The summed E-state index contributed by atoms with van der Waals surface area (Å²) in [6.45, 7) is 0.710. The van der Waals surface area contributed by atoms with E-state index in [4.69, 9.17) is 9.47 Å². The van der Waals surface area contributed by atoms with Gasteiger partial charge in [-0.25, -0.2) is 4.79 Å². The van der Waals surface area contributed by atoms with Gasteiger partial charge in [0.25, 0.3) is 0 Å². The predicted octanol–water partition coefficient (Wildman–Crippen LogP) is 1.63. The van der Waals surface area contributed by atoms with Gasteiger partial charge in [0.15, 0.2) is 0 Å². The highest BCUT2D eigenvalue weighted by Gasteiger charge is 2.20. The third kappa shape index (κ3) is 2.16. The van der Waals surface area contributed by atoms with Gasteiger partial charge in [0.05, 0.1) is 6.04 Å². The number of hydrogen-bond acceptors (Lipinski definition) is 4. The van der Waals surface area contributed by atoms with Gasteiger partial charge < -0.3 is 14.8 Å². The van der Waals surface area contributed by atoms with E-state index >= 15 is 0 Å². The van der Waals surface area contributed by atoms with Crippen LogP contribution in [0.15, 0.2) is 30.3 Å². The normalized spacial score (nSPS) is 17.0. The average Bonchev–Trinajstić information content (AvgIpc) is 2.23. The molecule has 0 unspecified atom stereocenters. The Morgan fingerprint density at radius 1 is 1.14 bits per heavy atom. The van der Waals surface area contributed by atoms with Crippen LogP contribution in [0.5, 0.6) is 0 Å². The van der Waals surface area contributed by atoms with Gasteiger partial charge in [-0.05, 0) is 12.1 Å². The number of anilines is 1. The van der Waals surface area contributed by atoms with E-state index in [1.54, 1.807) is 0 Å². The second-order valence-corrected chi connectivity index (χ2v) is 3.08. The van der Waals surface area contributed by atoms with Gasteiger partial charge in [0.1, 0.15) is 13.2 Å². The molecule has 1 heterocycles. The summed E-state index contributed by atoms with van der Waals surface area (Å²) < 4.78 is 9.48. The molecule has 1 aromatic carbocycles. The molecule has 1 saturated heterocycles. The third-order valence-electron chi connectivity index (χ3n) is 1.95. The lowest BCUT2D eigenvalue weighted by molar-refractivity contribution is 0.0127. The fourth-order valence-electron chi connectivity index (χ4n) is 1.28. The van der Waals surface area contributed by atoms with Crippen molar-refractivity contribution >= 4 is 11.8 Å². The van der Waals surface area contributed by atoms with E-state index < -0.39 is 6.16 Å². The minimum atomic E-state index is -0.587. The lowest BCUT2D eigenvalue weighted by Gasteiger charge is -2.23. The van der Waals surface area contributed by atoms with Crippen molar-refractivity contribution in [3.8, 4) is 0 Å². The van der Waals surface area contributed by atoms with Gasteiger partial charge in [-0.1, -0.05) is 18.2 Å². The van der Waals surface area contributed by atoms with Crippen LogP contribution in [0.3, 0.4) is 0 Å². The lowest BCUT2D eigenvalue weighted by Crippen LogP contribution is -2.37. The molecule has 1 fully saturated rings. The Bertz CT molecular complexity index is 302. The zero-order valence-electron chi connectivity index (χ0n) is 7.60. The Kier molecular flexibility index (Phi) is 2.53. The summed E-state index contributed by atoms with van der Waals surface area (Å²) in [4.78, 5) is 10.6. The molecule has 1 aliphatic rings. The van der Waals surface area contributed by atoms with Crippen LogP contribution in [0.1, 0.15) is 0 Å². The molecule has 4 nitrogen and oxygen atoms in total. The van der Waals surface area contributed by atoms with Crippen LogP contribution >= 0.6 is 0 Å². The highest BCUT2D eigenvalue weighted by Crippen LogP contribution is 2.10. The van der Waals surface area contributed by atoms with Crippen LogP contribution in [0, 0.1) is 0 Å². The number of benzene rings is 1. The molecule has 14 heavy (non-hydrogen) atoms. The van der Waals surface area contributed by atoms with Crippen molar-refractivity contribution in [2.24, 2.45) is 0 Å². The fourth-order valence-corrected chi connectivity index (χ4v) is 1.28. The molecule has 74 valence electrons. The van der Waals surface area contributed by atoms with Crippen LogP contribution in [0.4, 0.5) is 10.5 Å². The second-order valence-electron chi connectivity index (χ2n) is 3.08. The minimum Gasteiger partial charge on any atom is -0.432 e. The zero-order chi connectivity index (χ0) is 9.80. The van der Waals surface area contributed by atoms with Crippen molar-refractivity contribution in [2.45, 2.75) is 6.04 Å². The molecular weight excluding hydrogens is 182 g/mol. The molecule has 0 aliphatic carbocycles. The van der Waals surface area contributed by atoms with Gasteiger partial charge >= 0.3 is 6.16 Å². The first kappa shape index (κ1) is 8.87. The standard InChI is InChI=1S/C10H11NO3/c12-10-13-6-9(7-14-10)11-8-4-2-1-3-5-8/h1-5,9,11H,6-7H2. The van der Waals surface area contributed by atoms with Gasteiger partial charge in [0, 0.05) is 5.69 Å². The Morgan fingerprint density at radius 3 is 2.43 bits per heavy atom. The second kappa shape index (κ2) is 4.00. The number of para-hydroxylation sites is 1. The van der Waals surface area contributed by atoms with Crippen molar-refractivity contribution in [2.75, 3.05) is 18.5 Å². The topological polar surface area (TPSA) is 47.6 Å². The predicted molar refractivity (Wildman–Crippen MR) is 51.2 cm³/mol. The van der Waals surface area contributed by atoms with Gasteiger partial charge in [-0.3, -0.25) is 0 Å². The summed E-state index contributed by atoms with van der Waals surface area (Å²) in [5.74, 6) is 0. The number of hydrogen-bond donors (Lipinski definition) is 1. The van der Waals surface area contributed by atoms with Crippen molar-refractivity contribution in [1.29, 1.82) is 0 Å². The first-order valence-corrected chi connectivity index (χ1v) is 4.46. The Labute approximate surface area is 81.8 Å². The molecule has 0 atom stereocenters. The number of carbonyl (C=O) groups excluding carboxylic acids is 1. The molecule has 4 heteroatoms. The number of rotatable bonds is 2. The first-order chi connectivity index (χ1) is 6.84. The van der Waals surface area contributed by atoms with Crippen LogP contribution in [-0.4, -0.2) is 25.4 Å². The molecular formula is C10H11NO3. The summed E-state index contributed by atoms with van der Waals surface area (Å²) in [7, 11) is 0. The van der Waals surface area contributed by atoms with Gasteiger partial charge in [0.2, 0.25) is 0 Å². The maximum Gasteiger partial charge on any atom is 0.508 e. The molecule has 0 amide bonds. The minimum absolute atomic E-state index is 0.0371. The molecule has 2 rings (SSSR count).